The van der Waals surface area contributed by atoms with Crippen LogP contribution in [0.1, 0.15) is 40.6 Å². The molecule has 1 aliphatic rings. The monoisotopic (exact) mass is 300 g/mol. The first kappa shape index (κ1) is 14.7. The van der Waals surface area contributed by atoms with Crippen molar-refractivity contribution in [3.05, 3.63) is 41.3 Å². The van der Waals surface area contributed by atoms with E-state index in [4.69, 9.17) is 4.42 Å². The molecule has 0 saturated carbocycles. The van der Waals surface area contributed by atoms with E-state index in [0.29, 0.717) is 11.5 Å². The lowest BCUT2D eigenvalue weighted by atomic mass is 9.97. The molecule has 116 valence electrons. The fourth-order valence-electron chi connectivity index (χ4n) is 2.58. The number of hydrogen-bond acceptors (Lipinski definition) is 5. The number of aromatic nitrogens is 2. The third-order valence-electron chi connectivity index (χ3n) is 4.04. The highest BCUT2D eigenvalue weighted by atomic mass is 16.4. The third-order valence-corrected chi connectivity index (χ3v) is 4.04. The standard InChI is InChI=1S/C16H20N4O2/c1-11-3-5-12(6-4-11)14(21)17-16-19-18-15(22-16)13-7-9-20(2)10-8-13/h3-6,13H,7-10H2,1-2H3,(H,17,19,21). The highest BCUT2D eigenvalue weighted by Gasteiger charge is 2.23. The minimum absolute atomic E-state index is 0.166. The molecule has 0 unspecified atom stereocenters. The van der Waals surface area contributed by atoms with Gasteiger partial charge in [-0.25, -0.2) is 0 Å². The van der Waals surface area contributed by atoms with Gasteiger partial charge in [-0.1, -0.05) is 22.8 Å². The van der Waals surface area contributed by atoms with E-state index in [1.165, 1.54) is 0 Å². The second-order valence-corrected chi connectivity index (χ2v) is 5.84. The molecule has 3 rings (SSSR count). The first-order valence-electron chi connectivity index (χ1n) is 7.52. The van der Waals surface area contributed by atoms with E-state index in [0.717, 1.165) is 31.5 Å². The van der Waals surface area contributed by atoms with Gasteiger partial charge in [-0.3, -0.25) is 10.1 Å². The predicted octanol–water partition coefficient (Wildman–Crippen LogP) is 2.44. The van der Waals surface area contributed by atoms with Crippen LogP contribution in [0.3, 0.4) is 0 Å². The lowest BCUT2D eigenvalue weighted by Crippen LogP contribution is -2.29. The highest BCUT2D eigenvalue weighted by Crippen LogP contribution is 2.27. The quantitative estimate of drug-likeness (QED) is 0.942. The average molecular weight is 300 g/mol. The Balaban J connectivity index is 1.64. The van der Waals surface area contributed by atoms with Crippen LogP contribution in [0.25, 0.3) is 0 Å². The molecule has 2 aromatic rings. The zero-order valence-electron chi connectivity index (χ0n) is 12.9. The van der Waals surface area contributed by atoms with E-state index in [9.17, 15) is 4.79 Å². The number of piperidine rings is 1. The molecule has 0 radical (unpaired) electrons. The molecule has 0 spiro atoms. The van der Waals surface area contributed by atoms with Crippen molar-refractivity contribution < 1.29 is 9.21 Å². The maximum absolute atomic E-state index is 12.1. The molecule has 6 heteroatoms. The first-order valence-corrected chi connectivity index (χ1v) is 7.52. The number of carbonyl (C=O) groups is 1. The summed E-state index contributed by atoms with van der Waals surface area (Å²) in [4.78, 5) is 14.4. The third kappa shape index (κ3) is 3.33. The normalized spacial score (nSPS) is 16.6. The molecule has 1 saturated heterocycles. The van der Waals surface area contributed by atoms with Gasteiger partial charge in [0.2, 0.25) is 5.89 Å². The summed E-state index contributed by atoms with van der Waals surface area (Å²) in [6, 6.07) is 7.51. The second-order valence-electron chi connectivity index (χ2n) is 5.84. The number of amides is 1. The Labute approximate surface area is 129 Å². The molecule has 1 aromatic carbocycles. The Morgan fingerprint density at radius 2 is 1.91 bits per heavy atom. The van der Waals surface area contributed by atoms with Gasteiger partial charge in [0.15, 0.2) is 0 Å². The average Bonchev–Trinajstić information content (AvgIpc) is 2.97. The van der Waals surface area contributed by atoms with Crippen molar-refractivity contribution >= 4 is 11.9 Å². The fraction of sp³-hybridized carbons (Fsp3) is 0.438. The minimum Gasteiger partial charge on any atom is -0.408 e. The van der Waals surface area contributed by atoms with Crippen LogP contribution in [-0.2, 0) is 0 Å². The van der Waals surface area contributed by atoms with Gasteiger partial charge in [0.05, 0.1) is 0 Å². The molecule has 1 N–H and O–H groups in total. The lowest BCUT2D eigenvalue weighted by molar-refractivity contribution is 0.102. The summed E-state index contributed by atoms with van der Waals surface area (Å²) in [5, 5.41) is 10.7. The second kappa shape index (κ2) is 6.27. The van der Waals surface area contributed by atoms with Crippen molar-refractivity contribution in [1.82, 2.24) is 15.1 Å². The van der Waals surface area contributed by atoms with E-state index < -0.39 is 0 Å². The topological polar surface area (TPSA) is 71.3 Å². The van der Waals surface area contributed by atoms with Gasteiger partial charge in [-0.05, 0) is 52.0 Å². The molecular formula is C16H20N4O2. The van der Waals surface area contributed by atoms with E-state index in [1.807, 2.05) is 19.1 Å². The summed E-state index contributed by atoms with van der Waals surface area (Å²) < 4.78 is 5.60. The summed E-state index contributed by atoms with van der Waals surface area (Å²) in [6.07, 6.45) is 2.01. The molecule has 1 fully saturated rings. The Kier molecular flexibility index (Phi) is 4.20. The van der Waals surface area contributed by atoms with E-state index in [2.05, 4.69) is 27.5 Å². The van der Waals surface area contributed by atoms with E-state index >= 15 is 0 Å². The summed E-state index contributed by atoms with van der Waals surface area (Å²) >= 11 is 0. The van der Waals surface area contributed by atoms with Crippen molar-refractivity contribution in [2.24, 2.45) is 0 Å². The number of hydrogen-bond donors (Lipinski definition) is 1. The Morgan fingerprint density at radius 1 is 1.23 bits per heavy atom. The Hall–Kier alpha value is -2.21. The van der Waals surface area contributed by atoms with Crippen LogP contribution < -0.4 is 5.32 Å². The van der Waals surface area contributed by atoms with Crippen LogP contribution in [0.5, 0.6) is 0 Å². The zero-order chi connectivity index (χ0) is 15.5. The highest BCUT2D eigenvalue weighted by molar-refractivity contribution is 6.03. The van der Waals surface area contributed by atoms with Gasteiger partial charge in [0.25, 0.3) is 5.91 Å². The first-order chi connectivity index (χ1) is 10.6. The van der Waals surface area contributed by atoms with Crippen molar-refractivity contribution in [1.29, 1.82) is 0 Å². The van der Waals surface area contributed by atoms with Crippen LogP contribution >= 0.6 is 0 Å². The van der Waals surface area contributed by atoms with Crippen LogP contribution in [0.2, 0.25) is 0 Å². The number of likely N-dealkylation sites (tertiary alicyclic amines) is 1. The van der Waals surface area contributed by atoms with Crippen LogP contribution in [0.15, 0.2) is 28.7 Å². The number of carbonyl (C=O) groups excluding carboxylic acids is 1. The van der Waals surface area contributed by atoms with Crippen LogP contribution in [0, 0.1) is 6.92 Å². The van der Waals surface area contributed by atoms with Gasteiger partial charge in [-0.15, -0.1) is 5.10 Å². The van der Waals surface area contributed by atoms with Gasteiger partial charge in [0.1, 0.15) is 0 Å². The summed E-state index contributed by atoms with van der Waals surface area (Å²) in [5.74, 6) is 0.666. The molecule has 0 atom stereocenters. The smallest absolute Gasteiger partial charge is 0.322 e. The molecular weight excluding hydrogens is 280 g/mol. The molecule has 0 aliphatic carbocycles. The van der Waals surface area contributed by atoms with Crippen molar-refractivity contribution in [3.8, 4) is 0 Å². The fourth-order valence-corrected chi connectivity index (χ4v) is 2.58. The largest absolute Gasteiger partial charge is 0.408 e. The predicted molar refractivity (Wildman–Crippen MR) is 82.9 cm³/mol. The lowest BCUT2D eigenvalue weighted by Gasteiger charge is -2.26. The molecule has 22 heavy (non-hydrogen) atoms. The molecule has 1 aromatic heterocycles. The number of rotatable bonds is 3. The van der Waals surface area contributed by atoms with Gasteiger partial charge in [0, 0.05) is 11.5 Å². The van der Waals surface area contributed by atoms with Crippen molar-refractivity contribution in [3.63, 3.8) is 0 Å². The molecule has 1 amide bonds. The number of aryl methyl sites for hydroxylation is 1. The zero-order valence-corrected chi connectivity index (χ0v) is 12.9. The Morgan fingerprint density at radius 3 is 2.59 bits per heavy atom. The van der Waals surface area contributed by atoms with Gasteiger partial charge in [-0.2, -0.15) is 0 Å². The minimum atomic E-state index is -0.237. The maximum Gasteiger partial charge on any atom is 0.322 e. The number of nitrogens with zero attached hydrogens (tertiary/aromatic N) is 3. The summed E-state index contributed by atoms with van der Waals surface area (Å²) in [7, 11) is 2.11. The van der Waals surface area contributed by atoms with Crippen molar-refractivity contribution in [2.75, 3.05) is 25.5 Å². The summed E-state index contributed by atoms with van der Waals surface area (Å²) in [5.41, 5.74) is 1.68. The SMILES string of the molecule is Cc1ccc(C(=O)Nc2nnc(C3CCN(C)CC3)o2)cc1. The molecule has 2 heterocycles. The molecule has 1 aliphatic heterocycles. The van der Waals surface area contributed by atoms with E-state index in [1.54, 1.807) is 12.1 Å². The number of benzene rings is 1. The van der Waals surface area contributed by atoms with Gasteiger partial charge < -0.3 is 9.32 Å². The number of nitrogens with one attached hydrogen (secondary N) is 1. The van der Waals surface area contributed by atoms with Crippen LogP contribution in [-0.4, -0.2) is 41.1 Å². The Bertz CT molecular complexity index is 642. The van der Waals surface area contributed by atoms with E-state index in [-0.39, 0.29) is 17.8 Å². The molecule has 0 bridgehead atoms. The summed E-state index contributed by atoms with van der Waals surface area (Å²) in [6.45, 7) is 4.03. The van der Waals surface area contributed by atoms with Crippen molar-refractivity contribution in [2.45, 2.75) is 25.7 Å². The van der Waals surface area contributed by atoms with Gasteiger partial charge >= 0.3 is 6.01 Å². The number of anilines is 1. The molecule has 6 nitrogen and oxygen atoms in total. The maximum atomic E-state index is 12.1. The van der Waals surface area contributed by atoms with Crippen LogP contribution in [0.4, 0.5) is 6.01 Å².